The van der Waals surface area contributed by atoms with Gasteiger partial charge in [0, 0.05) is 26.2 Å². The molecular weight excluding hydrogens is 216 g/mol. The Morgan fingerprint density at radius 1 is 1.35 bits per heavy atom. The van der Waals surface area contributed by atoms with Crippen LogP contribution in [0.4, 0.5) is 0 Å². The number of likely N-dealkylation sites (tertiary alicyclic amines) is 1. The van der Waals surface area contributed by atoms with Gasteiger partial charge in [0.15, 0.2) is 0 Å². The van der Waals surface area contributed by atoms with Gasteiger partial charge in [-0.2, -0.15) is 0 Å². The van der Waals surface area contributed by atoms with E-state index in [9.17, 15) is 9.90 Å². The molecule has 1 fully saturated rings. The van der Waals surface area contributed by atoms with Crippen molar-refractivity contribution in [3.05, 3.63) is 0 Å². The monoisotopic (exact) mass is 242 g/mol. The van der Waals surface area contributed by atoms with Crippen LogP contribution >= 0.6 is 0 Å². The fourth-order valence-corrected chi connectivity index (χ4v) is 2.35. The average Bonchev–Trinajstić information content (AvgIpc) is 2.29. The van der Waals surface area contributed by atoms with Gasteiger partial charge >= 0.3 is 0 Å². The summed E-state index contributed by atoms with van der Waals surface area (Å²) in [5, 5.41) is 9.89. The summed E-state index contributed by atoms with van der Waals surface area (Å²) < 4.78 is 0. The molecule has 1 aliphatic rings. The Balaban J connectivity index is 2.53. The van der Waals surface area contributed by atoms with Gasteiger partial charge in [-0.1, -0.05) is 0 Å². The SMILES string of the molecule is CCN(CC)C(=O)C(C)N1CCC(C)(O)CC1. The molecule has 1 saturated heterocycles. The minimum atomic E-state index is -0.547. The van der Waals surface area contributed by atoms with Gasteiger partial charge in [-0.15, -0.1) is 0 Å². The molecule has 0 radical (unpaired) electrons. The third-order valence-electron chi connectivity index (χ3n) is 3.86. The summed E-state index contributed by atoms with van der Waals surface area (Å²) in [6, 6.07) is -0.0639. The molecule has 4 heteroatoms. The topological polar surface area (TPSA) is 43.8 Å². The fraction of sp³-hybridized carbons (Fsp3) is 0.923. The average molecular weight is 242 g/mol. The fourth-order valence-electron chi connectivity index (χ4n) is 2.35. The number of hydrogen-bond acceptors (Lipinski definition) is 3. The van der Waals surface area contributed by atoms with E-state index < -0.39 is 5.60 Å². The summed E-state index contributed by atoms with van der Waals surface area (Å²) in [5.74, 6) is 0.205. The summed E-state index contributed by atoms with van der Waals surface area (Å²) in [7, 11) is 0. The number of rotatable bonds is 4. The molecule has 1 rings (SSSR count). The molecule has 0 aliphatic carbocycles. The maximum Gasteiger partial charge on any atom is 0.239 e. The first-order chi connectivity index (χ1) is 7.91. The van der Waals surface area contributed by atoms with Crippen molar-refractivity contribution in [1.29, 1.82) is 0 Å². The van der Waals surface area contributed by atoms with Crippen LogP contribution in [0.5, 0.6) is 0 Å². The lowest BCUT2D eigenvalue weighted by atomic mass is 9.93. The normalized spacial score (nSPS) is 22.2. The van der Waals surface area contributed by atoms with Gasteiger partial charge in [-0.25, -0.2) is 0 Å². The predicted octanol–water partition coefficient (Wildman–Crippen LogP) is 1.09. The number of aliphatic hydroxyl groups is 1. The van der Waals surface area contributed by atoms with E-state index in [1.54, 1.807) is 0 Å². The Kier molecular flexibility index (Phi) is 4.95. The first-order valence-electron chi connectivity index (χ1n) is 6.66. The lowest BCUT2D eigenvalue weighted by Crippen LogP contribution is -2.52. The molecule has 1 N–H and O–H groups in total. The van der Waals surface area contributed by atoms with Crippen LogP contribution in [0.15, 0.2) is 0 Å². The number of carbonyl (C=O) groups excluding carboxylic acids is 1. The van der Waals surface area contributed by atoms with Gasteiger partial charge < -0.3 is 10.0 Å². The highest BCUT2D eigenvalue weighted by atomic mass is 16.3. The predicted molar refractivity (Wildman–Crippen MR) is 68.8 cm³/mol. The second-order valence-electron chi connectivity index (χ2n) is 5.22. The van der Waals surface area contributed by atoms with Gasteiger partial charge in [0.25, 0.3) is 0 Å². The number of carbonyl (C=O) groups is 1. The van der Waals surface area contributed by atoms with Crippen LogP contribution in [0.25, 0.3) is 0 Å². The van der Waals surface area contributed by atoms with Crippen molar-refractivity contribution in [2.75, 3.05) is 26.2 Å². The van der Waals surface area contributed by atoms with Gasteiger partial charge in [0.05, 0.1) is 11.6 Å². The van der Waals surface area contributed by atoms with Crippen LogP contribution in [0.3, 0.4) is 0 Å². The number of nitrogens with zero attached hydrogens (tertiary/aromatic N) is 2. The zero-order valence-corrected chi connectivity index (χ0v) is 11.6. The molecule has 1 unspecified atom stereocenters. The molecule has 0 spiro atoms. The molecule has 4 nitrogen and oxygen atoms in total. The molecule has 1 aliphatic heterocycles. The number of likely N-dealkylation sites (N-methyl/N-ethyl adjacent to an activating group) is 1. The lowest BCUT2D eigenvalue weighted by Gasteiger charge is -2.39. The van der Waals surface area contributed by atoms with Gasteiger partial charge in [-0.3, -0.25) is 9.69 Å². The largest absolute Gasteiger partial charge is 0.390 e. The third kappa shape index (κ3) is 3.68. The van der Waals surface area contributed by atoms with E-state index in [1.165, 1.54) is 0 Å². The summed E-state index contributed by atoms with van der Waals surface area (Å²) >= 11 is 0. The minimum Gasteiger partial charge on any atom is -0.390 e. The number of hydrogen-bond donors (Lipinski definition) is 1. The van der Waals surface area contributed by atoms with Crippen LogP contribution in [0.1, 0.15) is 40.5 Å². The standard InChI is InChI=1S/C13H26N2O2/c1-5-14(6-2)12(16)11(3)15-9-7-13(4,17)8-10-15/h11,17H,5-10H2,1-4H3. The van der Waals surface area contributed by atoms with Gasteiger partial charge in [-0.05, 0) is 40.5 Å². The van der Waals surface area contributed by atoms with Crippen LogP contribution in [0, 0.1) is 0 Å². The molecule has 1 amide bonds. The van der Waals surface area contributed by atoms with E-state index in [0.29, 0.717) is 0 Å². The first-order valence-corrected chi connectivity index (χ1v) is 6.66. The van der Waals surface area contributed by atoms with Crippen LogP contribution in [-0.4, -0.2) is 58.6 Å². The Bertz CT molecular complexity index is 252. The highest BCUT2D eigenvalue weighted by molar-refractivity contribution is 5.81. The van der Waals surface area contributed by atoms with Crippen molar-refractivity contribution in [3.8, 4) is 0 Å². The van der Waals surface area contributed by atoms with Crippen molar-refractivity contribution in [3.63, 3.8) is 0 Å². The van der Waals surface area contributed by atoms with Crippen LogP contribution in [0.2, 0.25) is 0 Å². The maximum absolute atomic E-state index is 12.2. The summed E-state index contributed by atoms with van der Waals surface area (Å²) in [6.07, 6.45) is 1.51. The Morgan fingerprint density at radius 3 is 2.24 bits per heavy atom. The van der Waals surface area contributed by atoms with E-state index in [1.807, 2.05) is 32.6 Å². The molecule has 0 bridgehead atoms. The van der Waals surface area contributed by atoms with Crippen molar-refractivity contribution in [2.24, 2.45) is 0 Å². The van der Waals surface area contributed by atoms with E-state index in [4.69, 9.17) is 0 Å². The van der Waals surface area contributed by atoms with E-state index in [0.717, 1.165) is 39.0 Å². The van der Waals surface area contributed by atoms with Gasteiger partial charge in [0.1, 0.15) is 0 Å². The molecule has 17 heavy (non-hydrogen) atoms. The van der Waals surface area contributed by atoms with Crippen molar-refractivity contribution >= 4 is 5.91 Å². The zero-order valence-electron chi connectivity index (χ0n) is 11.6. The van der Waals surface area contributed by atoms with E-state index >= 15 is 0 Å². The number of amides is 1. The number of piperidine rings is 1. The second kappa shape index (κ2) is 5.83. The Morgan fingerprint density at radius 2 is 1.82 bits per heavy atom. The van der Waals surface area contributed by atoms with E-state index in [-0.39, 0.29) is 11.9 Å². The molecule has 0 aromatic rings. The van der Waals surface area contributed by atoms with Crippen LogP contribution < -0.4 is 0 Å². The Hall–Kier alpha value is -0.610. The van der Waals surface area contributed by atoms with Crippen molar-refractivity contribution in [1.82, 2.24) is 9.80 Å². The van der Waals surface area contributed by atoms with Gasteiger partial charge in [0.2, 0.25) is 5.91 Å². The molecule has 0 saturated carbocycles. The molecular formula is C13H26N2O2. The summed E-state index contributed by atoms with van der Waals surface area (Å²) in [4.78, 5) is 16.2. The van der Waals surface area contributed by atoms with Crippen LogP contribution in [-0.2, 0) is 4.79 Å². The highest BCUT2D eigenvalue weighted by Gasteiger charge is 2.32. The molecule has 0 aromatic heterocycles. The minimum absolute atomic E-state index is 0.0639. The second-order valence-corrected chi connectivity index (χ2v) is 5.22. The van der Waals surface area contributed by atoms with Crippen molar-refractivity contribution < 1.29 is 9.90 Å². The highest BCUT2D eigenvalue weighted by Crippen LogP contribution is 2.22. The van der Waals surface area contributed by atoms with Crippen molar-refractivity contribution in [2.45, 2.75) is 52.2 Å². The van der Waals surface area contributed by atoms with E-state index in [2.05, 4.69) is 4.90 Å². The quantitative estimate of drug-likeness (QED) is 0.802. The smallest absolute Gasteiger partial charge is 0.239 e. The summed E-state index contributed by atoms with van der Waals surface area (Å²) in [5.41, 5.74) is -0.547. The Labute approximate surface area is 105 Å². The summed E-state index contributed by atoms with van der Waals surface area (Å²) in [6.45, 7) is 11.0. The lowest BCUT2D eigenvalue weighted by molar-refractivity contribution is -0.137. The molecule has 0 aromatic carbocycles. The molecule has 1 atom stereocenters. The zero-order chi connectivity index (χ0) is 13.1. The molecule has 100 valence electrons. The maximum atomic E-state index is 12.2. The first kappa shape index (κ1) is 14.5. The molecule has 1 heterocycles. The third-order valence-corrected chi connectivity index (χ3v) is 3.86.